The zero-order valence-corrected chi connectivity index (χ0v) is 10.6. The molecule has 96 valence electrons. The SMILES string of the molecule is COc1ccc(C(CN)NCC(C)OC)cn1. The van der Waals surface area contributed by atoms with Crippen molar-refractivity contribution in [3.05, 3.63) is 23.9 Å². The molecule has 3 N–H and O–H groups in total. The summed E-state index contributed by atoms with van der Waals surface area (Å²) in [5.74, 6) is 0.606. The Labute approximate surface area is 102 Å². The van der Waals surface area contributed by atoms with Crippen LogP contribution in [0.15, 0.2) is 18.3 Å². The van der Waals surface area contributed by atoms with Gasteiger partial charge < -0.3 is 20.5 Å². The van der Waals surface area contributed by atoms with E-state index in [1.54, 1.807) is 20.4 Å². The van der Waals surface area contributed by atoms with Crippen LogP contribution in [-0.2, 0) is 4.74 Å². The molecule has 1 rings (SSSR count). The third-order valence-corrected chi connectivity index (χ3v) is 2.66. The molecule has 2 unspecified atom stereocenters. The first-order valence-corrected chi connectivity index (χ1v) is 5.67. The average molecular weight is 239 g/mol. The van der Waals surface area contributed by atoms with Crippen molar-refractivity contribution in [2.24, 2.45) is 5.73 Å². The summed E-state index contributed by atoms with van der Waals surface area (Å²) in [6.45, 7) is 3.28. The second-order valence-corrected chi connectivity index (χ2v) is 3.88. The van der Waals surface area contributed by atoms with Gasteiger partial charge in [-0.25, -0.2) is 4.98 Å². The van der Waals surface area contributed by atoms with E-state index in [1.807, 2.05) is 19.1 Å². The van der Waals surface area contributed by atoms with Gasteiger partial charge in [0.25, 0.3) is 0 Å². The maximum atomic E-state index is 5.74. The fourth-order valence-corrected chi connectivity index (χ4v) is 1.45. The molecule has 0 aromatic carbocycles. The Morgan fingerprint density at radius 1 is 1.41 bits per heavy atom. The van der Waals surface area contributed by atoms with Crippen LogP contribution in [0.3, 0.4) is 0 Å². The maximum absolute atomic E-state index is 5.74. The van der Waals surface area contributed by atoms with Crippen molar-refractivity contribution >= 4 is 0 Å². The van der Waals surface area contributed by atoms with Crippen LogP contribution in [0.5, 0.6) is 5.88 Å². The van der Waals surface area contributed by atoms with Crippen LogP contribution in [-0.4, -0.2) is 38.4 Å². The number of methoxy groups -OCH3 is 2. The van der Waals surface area contributed by atoms with Gasteiger partial charge in [-0.15, -0.1) is 0 Å². The highest BCUT2D eigenvalue weighted by Crippen LogP contribution is 2.13. The van der Waals surface area contributed by atoms with Gasteiger partial charge in [-0.2, -0.15) is 0 Å². The van der Waals surface area contributed by atoms with Gasteiger partial charge in [0.05, 0.1) is 13.2 Å². The molecule has 2 atom stereocenters. The lowest BCUT2D eigenvalue weighted by atomic mass is 10.1. The molecular weight excluding hydrogens is 218 g/mol. The van der Waals surface area contributed by atoms with E-state index in [9.17, 15) is 0 Å². The highest BCUT2D eigenvalue weighted by molar-refractivity contribution is 5.21. The number of rotatable bonds is 7. The minimum absolute atomic E-state index is 0.0889. The molecule has 0 aliphatic carbocycles. The van der Waals surface area contributed by atoms with Gasteiger partial charge >= 0.3 is 0 Å². The Kier molecular flexibility index (Phi) is 5.90. The highest BCUT2D eigenvalue weighted by atomic mass is 16.5. The third-order valence-electron chi connectivity index (χ3n) is 2.66. The van der Waals surface area contributed by atoms with Crippen molar-refractivity contribution < 1.29 is 9.47 Å². The summed E-state index contributed by atoms with van der Waals surface area (Å²) in [6.07, 6.45) is 1.94. The number of hydrogen-bond donors (Lipinski definition) is 2. The molecule has 5 heteroatoms. The fourth-order valence-electron chi connectivity index (χ4n) is 1.45. The maximum Gasteiger partial charge on any atom is 0.212 e. The van der Waals surface area contributed by atoms with Crippen LogP contribution < -0.4 is 15.8 Å². The second kappa shape index (κ2) is 7.21. The molecule has 0 aliphatic rings. The minimum Gasteiger partial charge on any atom is -0.481 e. The van der Waals surface area contributed by atoms with Gasteiger partial charge in [-0.05, 0) is 12.5 Å². The van der Waals surface area contributed by atoms with Crippen molar-refractivity contribution in [2.75, 3.05) is 27.3 Å². The fraction of sp³-hybridized carbons (Fsp3) is 0.583. The van der Waals surface area contributed by atoms with Crippen molar-refractivity contribution in [1.82, 2.24) is 10.3 Å². The van der Waals surface area contributed by atoms with Gasteiger partial charge in [-0.1, -0.05) is 6.07 Å². The lowest BCUT2D eigenvalue weighted by Gasteiger charge is -2.19. The van der Waals surface area contributed by atoms with E-state index in [4.69, 9.17) is 15.2 Å². The molecule has 17 heavy (non-hydrogen) atoms. The van der Waals surface area contributed by atoms with E-state index >= 15 is 0 Å². The molecule has 5 nitrogen and oxygen atoms in total. The Morgan fingerprint density at radius 3 is 2.65 bits per heavy atom. The largest absolute Gasteiger partial charge is 0.481 e. The Balaban J connectivity index is 2.59. The lowest BCUT2D eigenvalue weighted by Crippen LogP contribution is -2.34. The first-order valence-electron chi connectivity index (χ1n) is 5.67. The van der Waals surface area contributed by atoms with Gasteiger partial charge in [0.1, 0.15) is 0 Å². The molecular formula is C12H21N3O2. The van der Waals surface area contributed by atoms with Crippen molar-refractivity contribution in [1.29, 1.82) is 0 Å². The van der Waals surface area contributed by atoms with Gasteiger partial charge in [0.2, 0.25) is 5.88 Å². The van der Waals surface area contributed by atoms with Crippen molar-refractivity contribution in [3.8, 4) is 5.88 Å². The molecule has 1 aromatic rings. The van der Waals surface area contributed by atoms with Crippen LogP contribution in [0.25, 0.3) is 0 Å². The number of nitrogens with two attached hydrogens (primary N) is 1. The van der Waals surface area contributed by atoms with Crippen LogP contribution in [0.2, 0.25) is 0 Å². The summed E-state index contributed by atoms with van der Waals surface area (Å²) >= 11 is 0. The van der Waals surface area contributed by atoms with E-state index in [2.05, 4.69) is 10.3 Å². The minimum atomic E-state index is 0.0889. The second-order valence-electron chi connectivity index (χ2n) is 3.88. The van der Waals surface area contributed by atoms with Crippen molar-refractivity contribution in [2.45, 2.75) is 19.1 Å². The third kappa shape index (κ3) is 4.30. The normalized spacial score (nSPS) is 14.4. The van der Waals surface area contributed by atoms with Gasteiger partial charge in [0, 0.05) is 38.5 Å². The van der Waals surface area contributed by atoms with Crippen LogP contribution >= 0.6 is 0 Å². The zero-order valence-electron chi connectivity index (χ0n) is 10.6. The summed E-state index contributed by atoms with van der Waals surface area (Å²) in [4.78, 5) is 4.16. The smallest absolute Gasteiger partial charge is 0.212 e. The molecule has 1 heterocycles. The number of nitrogens with zero attached hydrogens (tertiary/aromatic N) is 1. The molecule has 0 radical (unpaired) electrons. The molecule has 0 amide bonds. The first kappa shape index (κ1) is 13.9. The van der Waals surface area contributed by atoms with Gasteiger partial charge in [-0.3, -0.25) is 0 Å². The summed E-state index contributed by atoms with van der Waals surface area (Å²) in [5.41, 5.74) is 6.79. The standard InChI is InChI=1S/C12H21N3O2/c1-9(16-2)7-14-11(6-13)10-4-5-12(17-3)15-8-10/h4-5,8-9,11,14H,6-7,13H2,1-3H3. The quantitative estimate of drug-likeness (QED) is 0.733. The molecule has 0 fully saturated rings. The Bertz CT molecular complexity index is 316. The predicted octanol–water partition coefficient (Wildman–Crippen LogP) is 0.714. The van der Waals surface area contributed by atoms with Crippen LogP contribution in [0.1, 0.15) is 18.5 Å². The highest BCUT2D eigenvalue weighted by Gasteiger charge is 2.11. The van der Waals surface area contributed by atoms with Crippen LogP contribution in [0, 0.1) is 0 Å². The van der Waals surface area contributed by atoms with Crippen LogP contribution in [0.4, 0.5) is 0 Å². The topological polar surface area (TPSA) is 69.4 Å². The predicted molar refractivity (Wildman–Crippen MR) is 67.1 cm³/mol. The molecule has 0 saturated heterocycles. The van der Waals surface area contributed by atoms with E-state index in [-0.39, 0.29) is 12.1 Å². The molecule has 0 aliphatic heterocycles. The first-order chi connectivity index (χ1) is 8.21. The number of ether oxygens (including phenoxy) is 2. The lowest BCUT2D eigenvalue weighted by molar-refractivity contribution is 0.114. The number of nitrogens with one attached hydrogen (secondary N) is 1. The summed E-state index contributed by atoms with van der Waals surface area (Å²) in [5, 5.41) is 3.34. The summed E-state index contributed by atoms with van der Waals surface area (Å²) in [6, 6.07) is 3.89. The van der Waals surface area contributed by atoms with Crippen molar-refractivity contribution in [3.63, 3.8) is 0 Å². The number of pyridine rings is 1. The summed E-state index contributed by atoms with van der Waals surface area (Å²) in [7, 11) is 3.29. The number of aromatic nitrogens is 1. The van der Waals surface area contributed by atoms with E-state index in [0.717, 1.165) is 12.1 Å². The number of hydrogen-bond acceptors (Lipinski definition) is 5. The molecule has 0 saturated carbocycles. The van der Waals surface area contributed by atoms with E-state index in [0.29, 0.717) is 12.4 Å². The summed E-state index contributed by atoms with van der Waals surface area (Å²) < 4.78 is 10.2. The van der Waals surface area contributed by atoms with E-state index in [1.165, 1.54) is 0 Å². The molecule has 1 aromatic heterocycles. The molecule has 0 bridgehead atoms. The Hall–Kier alpha value is -1.17. The van der Waals surface area contributed by atoms with E-state index < -0.39 is 0 Å². The Morgan fingerprint density at radius 2 is 2.18 bits per heavy atom. The average Bonchev–Trinajstić information content (AvgIpc) is 2.39. The molecule has 0 spiro atoms. The monoisotopic (exact) mass is 239 g/mol. The van der Waals surface area contributed by atoms with Gasteiger partial charge in [0.15, 0.2) is 0 Å². The zero-order chi connectivity index (χ0) is 12.7.